The van der Waals surface area contributed by atoms with E-state index in [0.29, 0.717) is 17.2 Å². The molecule has 0 aromatic heterocycles. The molecule has 1 heterocycles. The highest BCUT2D eigenvalue weighted by Crippen LogP contribution is 2.42. The second-order valence-corrected chi connectivity index (χ2v) is 10.5. The van der Waals surface area contributed by atoms with Crippen LogP contribution in [0.2, 0.25) is 5.02 Å². The first kappa shape index (κ1) is 26.6. The minimum Gasteiger partial charge on any atom is -0.457 e. The zero-order chi connectivity index (χ0) is 26.7. The first-order valence-corrected chi connectivity index (χ1v) is 13.3. The third kappa shape index (κ3) is 6.51. The molecule has 1 saturated heterocycles. The topological polar surface area (TPSA) is 47.6 Å². The van der Waals surface area contributed by atoms with Gasteiger partial charge in [0.1, 0.15) is 11.5 Å². The van der Waals surface area contributed by atoms with Crippen LogP contribution >= 0.6 is 11.6 Å². The van der Waals surface area contributed by atoms with Gasteiger partial charge in [-0.25, -0.2) is 0 Å². The Morgan fingerprint density at radius 3 is 2.45 bits per heavy atom. The molecule has 2 aliphatic rings. The van der Waals surface area contributed by atoms with Crippen molar-refractivity contribution in [2.45, 2.75) is 63.0 Å². The second kappa shape index (κ2) is 11.4. The number of amides is 1. The number of ether oxygens (including phenoxy) is 2. The molecule has 3 aromatic rings. The Balaban J connectivity index is 1.31. The van der Waals surface area contributed by atoms with E-state index < -0.39 is 11.7 Å². The van der Waals surface area contributed by atoms with Gasteiger partial charge in [0.25, 0.3) is 0 Å². The second-order valence-electron chi connectivity index (χ2n) is 10.0. The predicted molar refractivity (Wildman–Crippen MR) is 139 cm³/mol. The van der Waals surface area contributed by atoms with Gasteiger partial charge in [0.15, 0.2) is 0 Å². The van der Waals surface area contributed by atoms with Gasteiger partial charge in [-0.2, -0.15) is 13.2 Å². The van der Waals surface area contributed by atoms with E-state index in [9.17, 15) is 18.0 Å². The van der Waals surface area contributed by atoms with Crippen LogP contribution in [0.25, 0.3) is 0 Å². The Morgan fingerprint density at radius 2 is 1.68 bits per heavy atom. The Bertz CT molecular complexity index is 1260. The molecular formula is C30H29ClF3NO3. The molecular weight excluding hydrogens is 515 g/mol. The maximum Gasteiger partial charge on any atom is 0.416 e. The molecule has 1 aliphatic heterocycles. The van der Waals surface area contributed by atoms with Gasteiger partial charge in [-0.3, -0.25) is 4.79 Å². The molecule has 0 spiro atoms. The molecule has 0 unspecified atom stereocenters. The number of alkyl halides is 3. The Kier molecular flexibility index (Phi) is 7.96. The van der Waals surface area contributed by atoms with Crippen molar-refractivity contribution in [2.24, 2.45) is 5.92 Å². The standard InChI is InChI=1S/C30H29ClF3NO3/c31-22-13-11-19(12-14-22)15-29(36)35-26-18-28(38-27-10-2-1-9-25(26)27)20-5-3-7-23(16-20)37-24-8-4-6-21(17-24)30(32,33)34/h3-8,11-14,16-17,25-28H,1-2,9-10,15,18H2,(H,35,36)/t25-,26+,27+,28+/m1/s1. The SMILES string of the molecule is O=C(Cc1ccc(Cl)cc1)N[C@H]1C[C@@H](c2cccc(Oc3cccc(C(F)(F)F)c3)c2)O[C@H]2CCCC[C@H]12. The minimum absolute atomic E-state index is 0.0353. The van der Waals surface area contributed by atoms with Crippen LogP contribution in [0.3, 0.4) is 0 Å². The maximum atomic E-state index is 13.1. The third-order valence-corrected chi connectivity index (χ3v) is 7.58. The normalized spacial score (nSPS) is 23.4. The molecule has 0 bridgehead atoms. The molecule has 200 valence electrons. The lowest BCUT2D eigenvalue weighted by Crippen LogP contribution is -2.51. The molecule has 1 amide bonds. The van der Waals surface area contributed by atoms with Gasteiger partial charge in [-0.05, 0) is 72.9 Å². The van der Waals surface area contributed by atoms with Gasteiger partial charge in [-0.1, -0.05) is 54.8 Å². The van der Waals surface area contributed by atoms with Crippen molar-refractivity contribution in [2.75, 3.05) is 0 Å². The average Bonchev–Trinajstić information content (AvgIpc) is 2.90. The van der Waals surface area contributed by atoms with E-state index in [1.54, 1.807) is 24.3 Å². The number of nitrogens with one attached hydrogen (secondary N) is 1. The summed E-state index contributed by atoms with van der Waals surface area (Å²) < 4.78 is 51.6. The van der Waals surface area contributed by atoms with Crippen molar-refractivity contribution in [3.05, 3.63) is 94.5 Å². The lowest BCUT2D eigenvalue weighted by molar-refractivity contribution is -0.137. The van der Waals surface area contributed by atoms with Crippen molar-refractivity contribution >= 4 is 17.5 Å². The molecule has 8 heteroatoms. The van der Waals surface area contributed by atoms with E-state index in [1.165, 1.54) is 12.1 Å². The molecule has 3 aromatic carbocycles. The molecule has 4 atom stereocenters. The van der Waals surface area contributed by atoms with Crippen LogP contribution in [0.1, 0.15) is 54.9 Å². The zero-order valence-corrected chi connectivity index (χ0v) is 21.5. The molecule has 1 aliphatic carbocycles. The molecule has 4 nitrogen and oxygen atoms in total. The fourth-order valence-corrected chi connectivity index (χ4v) is 5.63. The van der Waals surface area contributed by atoms with Gasteiger partial charge >= 0.3 is 6.18 Å². The number of fused-ring (bicyclic) bond motifs is 1. The summed E-state index contributed by atoms with van der Waals surface area (Å²) in [7, 11) is 0. The number of hydrogen-bond donors (Lipinski definition) is 1. The van der Waals surface area contributed by atoms with Crippen LogP contribution in [0.15, 0.2) is 72.8 Å². The number of hydrogen-bond acceptors (Lipinski definition) is 3. The third-order valence-electron chi connectivity index (χ3n) is 7.33. The van der Waals surface area contributed by atoms with Crippen LogP contribution in [0.4, 0.5) is 13.2 Å². The fourth-order valence-electron chi connectivity index (χ4n) is 5.50. The number of rotatable bonds is 6. The predicted octanol–water partition coefficient (Wildman–Crippen LogP) is 7.90. The van der Waals surface area contributed by atoms with Crippen molar-refractivity contribution in [1.82, 2.24) is 5.32 Å². The molecule has 1 N–H and O–H groups in total. The van der Waals surface area contributed by atoms with Crippen molar-refractivity contribution in [3.63, 3.8) is 0 Å². The Morgan fingerprint density at radius 1 is 0.974 bits per heavy atom. The highest BCUT2D eigenvalue weighted by Gasteiger charge is 2.41. The monoisotopic (exact) mass is 543 g/mol. The largest absolute Gasteiger partial charge is 0.457 e. The molecule has 5 rings (SSSR count). The number of carbonyl (C=O) groups excluding carboxylic acids is 1. The lowest BCUT2D eigenvalue weighted by Gasteiger charge is -2.45. The van der Waals surface area contributed by atoms with Gasteiger partial charge in [0, 0.05) is 17.0 Å². The first-order valence-electron chi connectivity index (χ1n) is 12.9. The zero-order valence-electron chi connectivity index (χ0n) is 20.7. The van der Waals surface area contributed by atoms with E-state index >= 15 is 0 Å². The van der Waals surface area contributed by atoms with Gasteiger partial charge < -0.3 is 14.8 Å². The van der Waals surface area contributed by atoms with Crippen molar-refractivity contribution < 1.29 is 27.4 Å². The highest BCUT2D eigenvalue weighted by atomic mass is 35.5. The van der Waals surface area contributed by atoms with Crippen molar-refractivity contribution in [3.8, 4) is 11.5 Å². The van der Waals surface area contributed by atoms with E-state index in [2.05, 4.69) is 5.32 Å². The lowest BCUT2D eigenvalue weighted by atomic mass is 9.76. The smallest absolute Gasteiger partial charge is 0.416 e. The van der Waals surface area contributed by atoms with Crippen LogP contribution < -0.4 is 10.1 Å². The highest BCUT2D eigenvalue weighted by molar-refractivity contribution is 6.30. The quantitative estimate of drug-likeness (QED) is 0.344. The summed E-state index contributed by atoms with van der Waals surface area (Å²) in [6.45, 7) is 0. The summed E-state index contributed by atoms with van der Waals surface area (Å²) >= 11 is 5.97. The van der Waals surface area contributed by atoms with Gasteiger partial charge in [-0.15, -0.1) is 0 Å². The summed E-state index contributed by atoms with van der Waals surface area (Å²) in [6.07, 6.45) is 0.346. The van der Waals surface area contributed by atoms with Crippen LogP contribution in [-0.2, 0) is 22.1 Å². The Hall–Kier alpha value is -3.03. The molecule has 38 heavy (non-hydrogen) atoms. The van der Waals surface area contributed by atoms with Gasteiger partial charge in [0.05, 0.1) is 24.2 Å². The number of carbonyl (C=O) groups is 1. The summed E-state index contributed by atoms with van der Waals surface area (Å²) in [5, 5.41) is 3.90. The van der Waals surface area contributed by atoms with E-state index in [4.69, 9.17) is 21.1 Å². The van der Waals surface area contributed by atoms with E-state index in [-0.39, 0.29) is 42.2 Å². The molecule has 1 saturated carbocycles. The summed E-state index contributed by atoms with van der Waals surface area (Å²) in [6, 6.07) is 19.3. The van der Waals surface area contributed by atoms with Crippen LogP contribution in [-0.4, -0.2) is 18.1 Å². The fraction of sp³-hybridized carbons (Fsp3) is 0.367. The summed E-state index contributed by atoms with van der Waals surface area (Å²) in [5.74, 6) is 0.753. The van der Waals surface area contributed by atoms with E-state index in [1.807, 2.05) is 24.3 Å². The molecule has 0 radical (unpaired) electrons. The Labute approximate surface area is 225 Å². The van der Waals surface area contributed by atoms with E-state index in [0.717, 1.165) is 48.9 Å². The summed E-state index contributed by atoms with van der Waals surface area (Å²) in [4.78, 5) is 13.0. The van der Waals surface area contributed by atoms with Crippen LogP contribution in [0.5, 0.6) is 11.5 Å². The minimum atomic E-state index is -4.44. The average molecular weight is 544 g/mol. The maximum absolute atomic E-state index is 13.1. The first-order chi connectivity index (χ1) is 18.2. The number of halogens is 4. The summed E-state index contributed by atoms with van der Waals surface area (Å²) in [5.41, 5.74) is 1.01. The van der Waals surface area contributed by atoms with Crippen molar-refractivity contribution in [1.29, 1.82) is 0 Å². The number of benzene rings is 3. The van der Waals surface area contributed by atoms with Crippen LogP contribution in [0, 0.1) is 5.92 Å². The molecule has 2 fully saturated rings. The van der Waals surface area contributed by atoms with Gasteiger partial charge in [0.2, 0.25) is 5.91 Å².